The smallest absolute Gasteiger partial charge is 0.338 e. The molecule has 0 saturated carbocycles. The molecule has 3 rings (SSSR count). The van der Waals surface area contributed by atoms with Gasteiger partial charge in [-0.15, -0.1) is 0 Å². The number of aliphatic hydroxyl groups excluding tert-OH is 4. The number of hydrogen-bond acceptors (Lipinski definition) is 10. The SMILES string of the molecule is CC(O[C@@H]1O[C@H](CO)[C@@H](O)[C@H](O)[C@H]1O)c1cnc(C2=NC(C)(C(C)C)C(=O)N2)c(C(=O)O)c1. The van der Waals surface area contributed by atoms with Gasteiger partial charge >= 0.3 is 5.97 Å². The molecule has 0 bridgehead atoms. The summed E-state index contributed by atoms with van der Waals surface area (Å²) in [6.45, 7) is 6.26. The van der Waals surface area contributed by atoms with E-state index in [-0.39, 0.29) is 28.9 Å². The van der Waals surface area contributed by atoms with Crippen LogP contribution in [-0.4, -0.2) is 91.1 Å². The van der Waals surface area contributed by atoms with E-state index in [0.29, 0.717) is 5.56 Å². The Bertz CT molecular complexity index is 951. The molecular formula is C21H29N3O9. The molecule has 1 aromatic rings. The summed E-state index contributed by atoms with van der Waals surface area (Å²) in [6.07, 6.45) is -6.79. The lowest BCUT2D eigenvalue weighted by Gasteiger charge is -2.40. The van der Waals surface area contributed by atoms with Crippen LogP contribution in [0.4, 0.5) is 0 Å². The summed E-state index contributed by atoms with van der Waals surface area (Å²) in [5.74, 6) is -1.72. The van der Waals surface area contributed by atoms with E-state index in [9.17, 15) is 35.1 Å². The summed E-state index contributed by atoms with van der Waals surface area (Å²) in [7, 11) is 0. The van der Waals surface area contributed by atoms with Crippen LogP contribution in [0.25, 0.3) is 0 Å². The first-order valence-corrected chi connectivity index (χ1v) is 10.5. The lowest BCUT2D eigenvalue weighted by atomic mass is 9.89. The second-order valence-corrected chi connectivity index (χ2v) is 8.66. The second-order valence-electron chi connectivity index (χ2n) is 8.66. The number of amides is 1. The van der Waals surface area contributed by atoms with E-state index in [1.54, 1.807) is 13.8 Å². The van der Waals surface area contributed by atoms with E-state index in [1.165, 1.54) is 12.3 Å². The number of carboxylic acids is 1. The van der Waals surface area contributed by atoms with E-state index in [1.807, 2.05) is 13.8 Å². The fourth-order valence-corrected chi connectivity index (χ4v) is 3.56. The number of nitrogens with zero attached hydrogens (tertiary/aromatic N) is 2. The standard InChI is InChI=1S/C21H29N3O9/c1-8(2)21(4)20(31)23-17(24-21)13-11(18(29)30)5-10(6-22-13)9(3)32-19-16(28)15(27)14(26)12(7-25)33-19/h5-6,8-9,12,14-16,19,25-28H,7H2,1-4H3,(H,29,30)(H,23,24,31)/t9?,12-,14-,15+,16-,19-,21?/m1/s1. The summed E-state index contributed by atoms with van der Waals surface area (Å²) in [6, 6.07) is 1.30. The Labute approximate surface area is 189 Å². The van der Waals surface area contributed by atoms with Crippen molar-refractivity contribution in [2.75, 3.05) is 6.61 Å². The van der Waals surface area contributed by atoms with Gasteiger partial charge in [-0.25, -0.2) is 9.79 Å². The molecule has 6 N–H and O–H groups in total. The molecule has 2 aliphatic heterocycles. The molecule has 2 aliphatic rings. The van der Waals surface area contributed by atoms with E-state index < -0.39 is 54.9 Å². The Balaban J connectivity index is 1.86. The highest BCUT2D eigenvalue weighted by molar-refractivity contribution is 6.17. The molecule has 7 atom stereocenters. The molecule has 1 fully saturated rings. The lowest BCUT2D eigenvalue weighted by Crippen LogP contribution is -2.59. The van der Waals surface area contributed by atoms with Gasteiger partial charge in [0.05, 0.1) is 18.3 Å². The maximum Gasteiger partial charge on any atom is 0.338 e. The van der Waals surface area contributed by atoms with Gasteiger partial charge in [0.15, 0.2) is 12.1 Å². The Morgan fingerprint density at radius 3 is 2.45 bits per heavy atom. The maximum atomic E-state index is 12.4. The number of aromatic nitrogens is 1. The summed E-state index contributed by atoms with van der Waals surface area (Å²) in [5, 5.41) is 51.6. The molecule has 1 saturated heterocycles. The first-order valence-electron chi connectivity index (χ1n) is 10.5. The van der Waals surface area contributed by atoms with E-state index >= 15 is 0 Å². The molecule has 0 aliphatic carbocycles. The van der Waals surface area contributed by atoms with Gasteiger partial charge in [0.2, 0.25) is 0 Å². The van der Waals surface area contributed by atoms with Crippen LogP contribution in [0.2, 0.25) is 0 Å². The topological polar surface area (TPSA) is 191 Å². The third kappa shape index (κ3) is 4.63. The number of pyridine rings is 1. The first-order chi connectivity index (χ1) is 15.4. The molecular weight excluding hydrogens is 438 g/mol. The van der Waals surface area contributed by atoms with Gasteiger partial charge in [0.1, 0.15) is 35.6 Å². The number of aliphatic imine (C=N–C) groups is 1. The third-order valence-corrected chi connectivity index (χ3v) is 6.18. The van der Waals surface area contributed by atoms with Gasteiger partial charge in [-0.2, -0.15) is 0 Å². The zero-order chi connectivity index (χ0) is 24.7. The van der Waals surface area contributed by atoms with Gasteiger partial charge < -0.3 is 40.3 Å². The normalized spacial score (nSPS) is 33.1. The molecule has 1 amide bonds. The highest BCUT2D eigenvalue weighted by Gasteiger charge is 2.45. The molecule has 33 heavy (non-hydrogen) atoms. The van der Waals surface area contributed by atoms with Crippen LogP contribution in [0.5, 0.6) is 0 Å². The van der Waals surface area contributed by atoms with Crippen LogP contribution >= 0.6 is 0 Å². The number of aliphatic hydroxyl groups is 4. The van der Waals surface area contributed by atoms with Crippen molar-refractivity contribution in [3.8, 4) is 0 Å². The molecule has 12 heteroatoms. The Morgan fingerprint density at radius 2 is 1.91 bits per heavy atom. The minimum Gasteiger partial charge on any atom is -0.478 e. The Morgan fingerprint density at radius 1 is 1.24 bits per heavy atom. The van der Waals surface area contributed by atoms with E-state index in [0.717, 1.165) is 0 Å². The quantitative estimate of drug-likeness (QED) is 0.288. The van der Waals surface area contributed by atoms with Crippen LogP contribution < -0.4 is 5.32 Å². The number of aromatic carboxylic acids is 1. The fourth-order valence-electron chi connectivity index (χ4n) is 3.56. The fraction of sp³-hybridized carbons (Fsp3) is 0.619. The Kier molecular flexibility index (Phi) is 7.17. The molecule has 0 aromatic carbocycles. The van der Waals surface area contributed by atoms with Crippen LogP contribution in [0.1, 0.15) is 55.4 Å². The van der Waals surface area contributed by atoms with Crippen molar-refractivity contribution in [1.29, 1.82) is 0 Å². The number of rotatable bonds is 7. The molecule has 0 radical (unpaired) electrons. The van der Waals surface area contributed by atoms with E-state index in [2.05, 4.69) is 15.3 Å². The maximum absolute atomic E-state index is 12.4. The van der Waals surface area contributed by atoms with Crippen molar-refractivity contribution in [2.24, 2.45) is 10.9 Å². The van der Waals surface area contributed by atoms with Crippen molar-refractivity contribution >= 4 is 17.7 Å². The minimum atomic E-state index is -1.61. The first kappa shape index (κ1) is 25.1. The monoisotopic (exact) mass is 467 g/mol. The minimum absolute atomic E-state index is 0.0102. The van der Waals surface area contributed by atoms with Crippen molar-refractivity contribution < 1.29 is 44.6 Å². The highest BCUT2D eigenvalue weighted by Crippen LogP contribution is 2.30. The number of nitrogens with one attached hydrogen (secondary N) is 1. The van der Waals surface area contributed by atoms with Crippen LogP contribution in [0.3, 0.4) is 0 Å². The predicted molar refractivity (Wildman–Crippen MR) is 112 cm³/mol. The van der Waals surface area contributed by atoms with Crippen molar-refractivity contribution in [1.82, 2.24) is 10.3 Å². The number of carboxylic acid groups (broad SMARTS) is 1. The van der Waals surface area contributed by atoms with Gasteiger partial charge in [0.25, 0.3) is 5.91 Å². The molecule has 0 spiro atoms. The number of amidine groups is 1. The number of ether oxygens (including phenoxy) is 2. The lowest BCUT2D eigenvalue weighted by molar-refractivity contribution is -0.311. The molecule has 1 aromatic heterocycles. The van der Waals surface area contributed by atoms with Gasteiger partial charge in [-0.1, -0.05) is 13.8 Å². The summed E-state index contributed by atoms with van der Waals surface area (Å²) < 4.78 is 11.0. The predicted octanol–water partition coefficient (Wildman–Crippen LogP) is -1.05. The number of hydrogen-bond donors (Lipinski definition) is 6. The largest absolute Gasteiger partial charge is 0.478 e. The molecule has 3 heterocycles. The van der Waals surface area contributed by atoms with Crippen molar-refractivity contribution in [3.63, 3.8) is 0 Å². The van der Waals surface area contributed by atoms with Crippen molar-refractivity contribution in [3.05, 3.63) is 29.1 Å². The zero-order valence-corrected chi connectivity index (χ0v) is 18.7. The average molecular weight is 467 g/mol. The Hall–Kier alpha value is -2.48. The number of carbonyl (C=O) groups is 2. The van der Waals surface area contributed by atoms with Crippen LogP contribution in [0.15, 0.2) is 17.3 Å². The van der Waals surface area contributed by atoms with Gasteiger partial charge in [0, 0.05) is 6.20 Å². The van der Waals surface area contributed by atoms with E-state index in [4.69, 9.17) is 9.47 Å². The molecule has 182 valence electrons. The summed E-state index contributed by atoms with van der Waals surface area (Å²) >= 11 is 0. The van der Waals surface area contributed by atoms with Gasteiger partial charge in [-0.3, -0.25) is 9.78 Å². The van der Waals surface area contributed by atoms with Crippen LogP contribution in [0, 0.1) is 5.92 Å². The summed E-state index contributed by atoms with van der Waals surface area (Å²) in [4.78, 5) is 32.9. The van der Waals surface area contributed by atoms with Crippen molar-refractivity contribution in [2.45, 2.75) is 70.0 Å². The second kappa shape index (κ2) is 9.41. The highest BCUT2D eigenvalue weighted by atomic mass is 16.7. The average Bonchev–Trinajstić information content (AvgIpc) is 3.09. The third-order valence-electron chi connectivity index (χ3n) is 6.18. The number of carbonyl (C=O) groups excluding carboxylic acids is 1. The summed E-state index contributed by atoms with van der Waals surface area (Å²) in [5.41, 5.74) is -0.970. The van der Waals surface area contributed by atoms with Gasteiger partial charge in [-0.05, 0) is 31.4 Å². The zero-order valence-electron chi connectivity index (χ0n) is 18.7. The van der Waals surface area contributed by atoms with Crippen LogP contribution in [-0.2, 0) is 14.3 Å². The molecule has 12 nitrogen and oxygen atoms in total. The molecule has 2 unspecified atom stereocenters.